The molecule has 0 spiro atoms. The molecule has 1 N–H and O–H groups in total. The van der Waals surface area contributed by atoms with Crippen LogP contribution in [0.25, 0.3) is 16.2 Å². The highest BCUT2D eigenvalue weighted by Gasteiger charge is 2.19. The van der Waals surface area contributed by atoms with Gasteiger partial charge in [0.2, 0.25) is 0 Å². The predicted octanol–water partition coefficient (Wildman–Crippen LogP) is 5.04. The minimum atomic E-state index is -0.0188. The van der Waals surface area contributed by atoms with Crippen LogP contribution in [0.5, 0.6) is 0 Å². The van der Waals surface area contributed by atoms with Gasteiger partial charge in [-0.2, -0.15) is 0 Å². The van der Waals surface area contributed by atoms with Gasteiger partial charge < -0.3 is 5.32 Å². The zero-order valence-electron chi connectivity index (χ0n) is 11.6. The van der Waals surface area contributed by atoms with Crippen molar-refractivity contribution < 1.29 is 0 Å². The van der Waals surface area contributed by atoms with Crippen molar-refractivity contribution in [3.05, 3.63) is 40.3 Å². The molecule has 20 heavy (non-hydrogen) atoms. The summed E-state index contributed by atoms with van der Waals surface area (Å²) in [6.45, 7) is 6.47. The molecular weight excluding hydrogens is 334 g/mol. The number of imidazole rings is 1. The number of nitrogens with one attached hydrogen (secondary N) is 1. The molecule has 0 radical (unpaired) electrons. The first-order chi connectivity index (χ1) is 9.44. The first-order valence-corrected chi connectivity index (χ1v) is 8.06. The zero-order valence-corrected chi connectivity index (χ0v) is 14.0. The van der Waals surface area contributed by atoms with Crippen molar-refractivity contribution in [2.45, 2.75) is 26.3 Å². The first-order valence-electron chi connectivity index (χ1n) is 6.45. The lowest BCUT2D eigenvalue weighted by Crippen LogP contribution is -2.27. The van der Waals surface area contributed by atoms with Crippen molar-refractivity contribution in [2.75, 3.05) is 5.32 Å². The summed E-state index contributed by atoms with van der Waals surface area (Å²) in [5.41, 5.74) is 1.94. The maximum Gasteiger partial charge on any atom is 0.140 e. The average Bonchev–Trinajstić information content (AvgIpc) is 2.93. The first kappa shape index (κ1) is 13.6. The fourth-order valence-corrected chi connectivity index (χ4v) is 3.46. The lowest BCUT2D eigenvalue weighted by Gasteiger charge is -2.22. The van der Waals surface area contributed by atoms with Crippen LogP contribution >= 0.6 is 27.3 Å². The number of anilines is 1. The third kappa shape index (κ3) is 2.60. The molecule has 0 aliphatic heterocycles. The van der Waals surface area contributed by atoms with Gasteiger partial charge in [0.05, 0.1) is 8.66 Å². The SMILES string of the molecule is CC(C)(C)Nc1c(-c2ccc(Br)s2)nc2ccccn12. The molecule has 0 saturated carbocycles. The molecule has 0 unspecified atom stereocenters. The van der Waals surface area contributed by atoms with Crippen molar-refractivity contribution in [3.8, 4) is 10.6 Å². The van der Waals surface area contributed by atoms with E-state index in [1.807, 2.05) is 24.4 Å². The van der Waals surface area contributed by atoms with Crippen molar-refractivity contribution in [1.29, 1.82) is 0 Å². The number of pyridine rings is 1. The van der Waals surface area contributed by atoms with Crippen LogP contribution in [0, 0.1) is 0 Å². The van der Waals surface area contributed by atoms with Crippen LogP contribution in [0.2, 0.25) is 0 Å². The van der Waals surface area contributed by atoms with E-state index in [-0.39, 0.29) is 5.54 Å². The monoisotopic (exact) mass is 349 g/mol. The summed E-state index contributed by atoms with van der Waals surface area (Å²) in [5, 5.41) is 3.57. The van der Waals surface area contributed by atoms with Crippen molar-refractivity contribution in [3.63, 3.8) is 0 Å². The van der Waals surface area contributed by atoms with Gasteiger partial charge >= 0.3 is 0 Å². The third-order valence-corrected chi connectivity index (χ3v) is 4.46. The Morgan fingerprint density at radius 1 is 1.20 bits per heavy atom. The van der Waals surface area contributed by atoms with Gasteiger partial charge in [-0.1, -0.05) is 6.07 Å². The largest absolute Gasteiger partial charge is 0.365 e. The molecule has 0 fully saturated rings. The van der Waals surface area contributed by atoms with Crippen LogP contribution in [0.15, 0.2) is 40.3 Å². The average molecular weight is 350 g/mol. The minimum Gasteiger partial charge on any atom is -0.365 e. The van der Waals surface area contributed by atoms with E-state index >= 15 is 0 Å². The molecule has 0 saturated heterocycles. The molecule has 104 valence electrons. The molecule has 3 aromatic rings. The Morgan fingerprint density at radius 2 is 2.00 bits per heavy atom. The normalized spacial score (nSPS) is 12.0. The Kier molecular flexibility index (Phi) is 3.34. The summed E-state index contributed by atoms with van der Waals surface area (Å²) >= 11 is 5.22. The van der Waals surface area contributed by atoms with Crippen LogP contribution in [0.1, 0.15) is 20.8 Å². The van der Waals surface area contributed by atoms with E-state index in [9.17, 15) is 0 Å². The molecule has 0 amide bonds. The molecule has 0 aliphatic rings. The van der Waals surface area contributed by atoms with Gasteiger partial charge in [-0.25, -0.2) is 4.98 Å². The summed E-state index contributed by atoms with van der Waals surface area (Å²) in [4.78, 5) is 5.93. The van der Waals surface area contributed by atoms with E-state index in [1.54, 1.807) is 11.3 Å². The number of aromatic nitrogens is 2. The number of hydrogen-bond donors (Lipinski definition) is 1. The van der Waals surface area contributed by atoms with E-state index in [2.05, 4.69) is 58.6 Å². The lowest BCUT2D eigenvalue weighted by atomic mass is 10.1. The van der Waals surface area contributed by atoms with E-state index in [1.165, 1.54) is 0 Å². The minimum absolute atomic E-state index is 0.0188. The summed E-state index contributed by atoms with van der Waals surface area (Å²) in [7, 11) is 0. The van der Waals surface area contributed by atoms with E-state index in [0.717, 1.165) is 25.8 Å². The number of rotatable bonds is 2. The second-order valence-corrected chi connectivity index (χ2v) is 8.18. The van der Waals surface area contributed by atoms with Gasteiger partial charge in [0.1, 0.15) is 17.2 Å². The molecule has 3 aromatic heterocycles. The maximum absolute atomic E-state index is 4.77. The number of halogens is 1. The number of nitrogens with zero attached hydrogens (tertiary/aromatic N) is 2. The quantitative estimate of drug-likeness (QED) is 0.702. The molecule has 5 heteroatoms. The van der Waals surface area contributed by atoms with Gasteiger partial charge in [-0.15, -0.1) is 11.3 Å². The summed E-state index contributed by atoms with van der Waals surface area (Å²) < 4.78 is 3.22. The van der Waals surface area contributed by atoms with E-state index in [4.69, 9.17) is 4.98 Å². The standard InChI is InChI=1S/C15H16BrN3S/c1-15(2,3)18-14-13(10-7-8-11(16)20-10)17-12-6-4-5-9-19(12)14/h4-9,18H,1-3H3. The second kappa shape index (κ2) is 4.90. The zero-order chi connectivity index (χ0) is 14.3. The smallest absolute Gasteiger partial charge is 0.140 e. The molecular formula is C15H16BrN3S. The second-order valence-electron chi connectivity index (χ2n) is 5.72. The molecule has 3 rings (SSSR count). The third-order valence-electron chi connectivity index (χ3n) is 2.83. The molecule has 0 bridgehead atoms. The summed E-state index contributed by atoms with van der Waals surface area (Å²) in [5.74, 6) is 1.04. The Balaban J connectivity index is 2.22. The highest BCUT2D eigenvalue weighted by molar-refractivity contribution is 9.11. The van der Waals surface area contributed by atoms with Gasteiger partial charge in [-0.05, 0) is 61.0 Å². The van der Waals surface area contributed by atoms with Crippen molar-refractivity contribution in [1.82, 2.24) is 9.38 Å². The van der Waals surface area contributed by atoms with Gasteiger partial charge in [0, 0.05) is 11.7 Å². The molecule has 0 aromatic carbocycles. The molecule has 0 atom stereocenters. The number of fused-ring (bicyclic) bond motifs is 1. The fraction of sp³-hybridized carbons (Fsp3) is 0.267. The Morgan fingerprint density at radius 3 is 2.65 bits per heavy atom. The van der Waals surface area contributed by atoms with Crippen LogP contribution in [-0.2, 0) is 0 Å². The number of thiophene rings is 1. The van der Waals surface area contributed by atoms with Crippen molar-refractivity contribution in [2.24, 2.45) is 0 Å². The Labute approximate surface area is 130 Å². The molecule has 3 heterocycles. The summed E-state index contributed by atoms with van der Waals surface area (Å²) in [6, 6.07) is 10.2. The van der Waals surface area contributed by atoms with Gasteiger partial charge in [0.25, 0.3) is 0 Å². The fourth-order valence-electron chi connectivity index (χ4n) is 2.08. The predicted molar refractivity (Wildman–Crippen MR) is 89.6 cm³/mol. The molecule has 3 nitrogen and oxygen atoms in total. The van der Waals surface area contributed by atoms with Crippen LogP contribution in [0.4, 0.5) is 5.82 Å². The van der Waals surface area contributed by atoms with Gasteiger partial charge in [0.15, 0.2) is 0 Å². The lowest BCUT2D eigenvalue weighted by molar-refractivity contribution is 0.630. The van der Waals surface area contributed by atoms with Crippen LogP contribution in [-0.4, -0.2) is 14.9 Å². The highest BCUT2D eigenvalue weighted by Crippen LogP contribution is 2.36. The van der Waals surface area contributed by atoms with Crippen LogP contribution < -0.4 is 5.32 Å². The van der Waals surface area contributed by atoms with Crippen LogP contribution in [0.3, 0.4) is 0 Å². The van der Waals surface area contributed by atoms with Gasteiger partial charge in [-0.3, -0.25) is 4.40 Å². The molecule has 0 aliphatic carbocycles. The Hall–Kier alpha value is -1.33. The van der Waals surface area contributed by atoms with E-state index < -0.39 is 0 Å². The highest BCUT2D eigenvalue weighted by atomic mass is 79.9. The van der Waals surface area contributed by atoms with E-state index in [0.29, 0.717) is 0 Å². The Bertz CT molecular complexity index is 752. The number of hydrogen-bond acceptors (Lipinski definition) is 3. The maximum atomic E-state index is 4.77. The topological polar surface area (TPSA) is 29.3 Å². The summed E-state index contributed by atoms with van der Waals surface area (Å²) in [6.07, 6.45) is 2.04. The van der Waals surface area contributed by atoms with Crippen molar-refractivity contribution >= 4 is 38.7 Å².